The Morgan fingerprint density at radius 3 is 2.33 bits per heavy atom. The summed E-state index contributed by atoms with van der Waals surface area (Å²) in [6.45, 7) is 6.81. The Labute approximate surface area is 93.8 Å². The predicted octanol–water partition coefficient (Wildman–Crippen LogP) is 2.06. The summed E-state index contributed by atoms with van der Waals surface area (Å²) < 4.78 is 0. The molecule has 2 atom stereocenters. The lowest BCUT2D eigenvalue weighted by Crippen LogP contribution is -2.42. The van der Waals surface area contributed by atoms with Gasteiger partial charge >= 0.3 is 0 Å². The van der Waals surface area contributed by atoms with Gasteiger partial charge in [0.15, 0.2) is 0 Å². The monoisotopic (exact) mass is 214 g/mol. The van der Waals surface area contributed by atoms with Crippen LogP contribution in [0.25, 0.3) is 0 Å². The second-order valence-corrected chi connectivity index (χ2v) is 4.10. The molecule has 90 valence electrons. The first-order valence-electron chi connectivity index (χ1n) is 6.19. The predicted molar refractivity (Wildman–Crippen MR) is 64.6 cm³/mol. The van der Waals surface area contributed by atoms with E-state index in [0.717, 1.165) is 32.1 Å². The maximum atomic E-state index is 11.8. The highest BCUT2D eigenvalue weighted by atomic mass is 16.1. The van der Waals surface area contributed by atoms with E-state index in [-0.39, 0.29) is 17.9 Å². The molecule has 15 heavy (non-hydrogen) atoms. The quantitative estimate of drug-likeness (QED) is 0.650. The third-order valence-corrected chi connectivity index (χ3v) is 2.89. The summed E-state index contributed by atoms with van der Waals surface area (Å²) in [5.74, 6) is 0.355. The van der Waals surface area contributed by atoms with Gasteiger partial charge in [0.1, 0.15) is 0 Å². The van der Waals surface area contributed by atoms with Crippen LogP contribution in [0.15, 0.2) is 0 Å². The number of unbranched alkanes of at least 4 members (excludes halogenated alkanes) is 1. The van der Waals surface area contributed by atoms with Crippen molar-refractivity contribution in [1.29, 1.82) is 0 Å². The minimum atomic E-state index is 0.146. The van der Waals surface area contributed by atoms with E-state index in [9.17, 15) is 4.79 Å². The third kappa shape index (κ3) is 5.78. The van der Waals surface area contributed by atoms with Crippen LogP contribution in [0.3, 0.4) is 0 Å². The summed E-state index contributed by atoms with van der Waals surface area (Å²) >= 11 is 0. The van der Waals surface area contributed by atoms with Gasteiger partial charge in [0.25, 0.3) is 0 Å². The molecule has 0 radical (unpaired) electrons. The lowest BCUT2D eigenvalue weighted by Gasteiger charge is -2.19. The van der Waals surface area contributed by atoms with Gasteiger partial charge in [-0.2, -0.15) is 0 Å². The number of carbonyl (C=O) groups is 1. The zero-order chi connectivity index (χ0) is 11.7. The minimum Gasteiger partial charge on any atom is -0.352 e. The van der Waals surface area contributed by atoms with Crippen LogP contribution in [0.2, 0.25) is 0 Å². The van der Waals surface area contributed by atoms with Crippen molar-refractivity contribution in [3.05, 3.63) is 0 Å². The van der Waals surface area contributed by atoms with Gasteiger partial charge in [0.05, 0.1) is 0 Å². The zero-order valence-electron chi connectivity index (χ0n) is 10.4. The number of amides is 1. The number of rotatable bonds is 8. The number of hydrogen-bond donors (Lipinski definition) is 2. The van der Waals surface area contributed by atoms with Crippen LogP contribution in [0.4, 0.5) is 0 Å². The fraction of sp³-hybridized carbons (Fsp3) is 0.917. The van der Waals surface area contributed by atoms with E-state index in [2.05, 4.69) is 19.2 Å². The Hall–Kier alpha value is -0.570. The number of nitrogens with one attached hydrogen (secondary N) is 1. The molecule has 0 heterocycles. The summed E-state index contributed by atoms with van der Waals surface area (Å²) in [5.41, 5.74) is 5.56. The molecular weight excluding hydrogens is 188 g/mol. The van der Waals surface area contributed by atoms with Gasteiger partial charge in [-0.15, -0.1) is 0 Å². The van der Waals surface area contributed by atoms with Crippen LogP contribution in [0, 0.1) is 5.92 Å². The summed E-state index contributed by atoms with van der Waals surface area (Å²) in [4.78, 5) is 11.8. The van der Waals surface area contributed by atoms with Crippen molar-refractivity contribution in [2.24, 2.45) is 11.7 Å². The molecule has 0 aliphatic heterocycles. The van der Waals surface area contributed by atoms with Crippen molar-refractivity contribution in [2.75, 3.05) is 6.54 Å². The van der Waals surface area contributed by atoms with Gasteiger partial charge in [0.2, 0.25) is 5.91 Å². The highest BCUT2D eigenvalue weighted by molar-refractivity contribution is 5.78. The molecule has 3 heteroatoms. The normalized spacial score (nSPS) is 14.7. The molecule has 0 spiro atoms. The molecule has 0 aromatic rings. The summed E-state index contributed by atoms with van der Waals surface area (Å²) in [6, 6.07) is 0.146. The van der Waals surface area contributed by atoms with Crippen molar-refractivity contribution in [2.45, 2.75) is 58.9 Å². The molecule has 0 rings (SSSR count). The van der Waals surface area contributed by atoms with E-state index in [0.29, 0.717) is 6.54 Å². The lowest BCUT2D eigenvalue weighted by atomic mass is 9.98. The second kappa shape index (κ2) is 8.72. The maximum absolute atomic E-state index is 11.8. The Kier molecular flexibility index (Phi) is 8.38. The summed E-state index contributed by atoms with van der Waals surface area (Å²) in [7, 11) is 0. The number of carbonyl (C=O) groups excluding carboxylic acids is 1. The van der Waals surface area contributed by atoms with Crippen LogP contribution >= 0.6 is 0 Å². The fourth-order valence-electron chi connectivity index (χ4n) is 1.62. The molecule has 0 bridgehead atoms. The molecule has 3 nitrogen and oxygen atoms in total. The van der Waals surface area contributed by atoms with Crippen molar-refractivity contribution in [3.8, 4) is 0 Å². The van der Waals surface area contributed by atoms with Crippen molar-refractivity contribution >= 4 is 5.91 Å². The van der Waals surface area contributed by atoms with E-state index in [4.69, 9.17) is 5.73 Å². The van der Waals surface area contributed by atoms with E-state index >= 15 is 0 Å². The molecule has 0 aliphatic carbocycles. The maximum Gasteiger partial charge on any atom is 0.223 e. The van der Waals surface area contributed by atoms with Gasteiger partial charge in [-0.1, -0.05) is 33.6 Å². The minimum absolute atomic E-state index is 0.146. The third-order valence-electron chi connectivity index (χ3n) is 2.89. The van der Waals surface area contributed by atoms with Gasteiger partial charge in [-0.3, -0.25) is 4.79 Å². The van der Waals surface area contributed by atoms with Crippen LogP contribution in [0.5, 0.6) is 0 Å². The SMILES string of the molecule is CCCCC(CC)C(=O)NC(CC)CN. The molecule has 0 saturated heterocycles. The molecule has 0 aromatic carbocycles. The topological polar surface area (TPSA) is 55.1 Å². The van der Waals surface area contributed by atoms with Crippen molar-refractivity contribution < 1.29 is 4.79 Å². The van der Waals surface area contributed by atoms with Crippen LogP contribution < -0.4 is 11.1 Å². The first-order chi connectivity index (χ1) is 7.19. The van der Waals surface area contributed by atoms with Crippen LogP contribution in [-0.2, 0) is 4.79 Å². The highest BCUT2D eigenvalue weighted by Gasteiger charge is 2.17. The average molecular weight is 214 g/mol. The largest absolute Gasteiger partial charge is 0.352 e. The Morgan fingerprint density at radius 1 is 1.27 bits per heavy atom. The number of hydrogen-bond acceptors (Lipinski definition) is 2. The molecule has 0 fully saturated rings. The van der Waals surface area contributed by atoms with Gasteiger partial charge in [-0.05, 0) is 19.3 Å². The standard InChI is InChI=1S/C12H26N2O/c1-4-7-8-10(5-2)12(15)14-11(6-3)9-13/h10-11H,4-9,13H2,1-3H3,(H,14,15). The van der Waals surface area contributed by atoms with Gasteiger partial charge in [0, 0.05) is 18.5 Å². The molecule has 2 unspecified atom stereocenters. The zero-order valence-corrected chi connectivity index (χ0v) is 10.4. The van der Waals surface area contributed by atoms with Crippen molar-refractivity contribution in [1.82, 2.24) is 5.32 Å². The molecule has 0 aliphatic rings. The first kappa shape index (κ1) is 14.4. The number of nitrogens with two attached hydrogens (primary N) is 1. The van der Waals surface area contributed by atoms with Crippen LogP contribution in [-0.4, -0.2) is 18.5 Å². The summed E-state index contributed by atoms with van der Waals surface area (Å²) in [5, 5.41) is 3.01. The van der Waals surface area contributed by atoms with E-state index in [1.807, 2.05) is 6.92 Å². The van der Waals surface area contributed by atoms with Gasteiger partial charge in [-0.25, -0.2) is 0 Å². The average Bonchev–Trinajstić information content (AvgIpc) is 2.26. The van der Waals surface area contributed by atoms with Gasteiger partial charge < -0.3 is 11.1 Å². The fourth-order valence-corrected chi connectivity index (χ4v) is 1.62. The molecule has 0 saturated carbocycles. The van der Waals surface area contributed by atoms with E-state index in [1.54, 1.807) is 0 Å². The Bertz CT molecular complexity index is 167. The smallest absolute Gasteiger partial charge is 0.223 e. The molecule has 1 amide bonds. The lowest BCUT2D eigenvalue weighted by molar-refractivity contribution is -0.126. The van der Waals surface area contributed by atoms with Crippen molar-refractivity contribution in [3.63, 3.8) is 0 Å². The van der Waals surface area contributed by atoms with E-state index < -0.39 is 0 Å². The second-order valence-electron chi connectivity index (χ2n) is 4.10. The molecular formula is C12H26N2O. The highest BCUT2D eigenvalue weighted by Crippen LogP contribution is 2.12. The summed E-state index contributed by atoms with van der Waals surface area (Å²) in [6.07, 6.45) is 5.11. The van der Waals surface area contributed by atoms with E-state index in [1.165, 1.54) is 0 Å². The van der Waals surface area contributed by atoms with Crippen LogP contribution in [0.1, 0.15) is 52.9 Å². The first-order valence-corrected chi connectivity index (χ1v) is 6.19. The molecule has 3 N–H and O–H groups in total. The molecule has 0 aromatic heterocycles. The Balaban J connectivity index is 4.02. The Morgan fingerprint density at radius 2 is 1.93 bits per heavy atom.